The van der Waals surface area contributed by atoms with Crippen LogP contribution >= 0.6 is 22.7 Å². The third-order valence-corrected chi connectivity index (χ3v) is 9.07. The molecule has 0 unspecified atom stereocenters. The minimum Gasteiger partial charge on any atom is -0.363 e. The number of nitrogens with zero attached hydrogens (tertiary/aromatic N) is 6. The molecule has 5 rings (SSSR count). The second kappa shape index (κ2) is 13.5. The van der Waals surface area contributed by atoms with Gasteiger partial charge >= 0.3 is 0 Å². The summed E-state index contributed by atoms with van der Waals surface area (Å²) < 4.78 is 0. The van der Waals surface area contributed by atoms with Gasteiger partial charge in [0.05, 0.1) is 27.8 Å². The average molecular weight is 606 g/mol. The fraction of sp³-hybridized carbons (Fsp3) is 0.400. The molecule has 0 atom stereocenters. The van der Waals surface area contributed by atoms with Crippen molar-refractivity contribution in [3.8, 4) is 0 Å². The highest BCUT2D eigenvalue weighted by atomic mass is 32.1. The number of benzene rings is 2. The van der Waals surface area contributed by atoms with Crippen LogP contribution in [0.4, 0.5) is 43.0 Å². The number of nitrogens with two attached hydrogens (primary N) is 1. The van der Waals surface area contributed by atoms with Crippen LogP contribution in [0.1, 0.15) is 51.7 Å². The molecule has 0 aliphatic carbocycles. The van der Waals surface area contributed by atoms with Gasteiger partial charge in [0, 0.05) is 31.2 Å². The quantitative estimate of drug-likeness (QED) is 0.0751. The van der Waals surface area contributed by atoms with Crippen molar-refractivity contribution in [2.45, 2.75) is 66.5 Å². The Morgan fingerprint density at radius 2 is 1.57 bits per heavy atom. The normalized spacial score (nSPS) is 13.5. The summed E-state index contributed by atoms with van der Waals surface area (Å²) in [6.07, 6.45) is 2.59. The number of hydrazine groups is 1. The molecule has 2 aromatic carbocycles. The van der Waals surface area contributed by atoms with E-state index in [-0.39, 0.29) is 0 Å². The van der Waals surface area contributed by atoms with E-state index in [2.05, 4.69) is 117 Å². The molecule has 222 valence electrons. The van der Waals surface area contributed by atoms with Gasteiger partial charge in [0.2, 0.25) is 10.1 Å². The molecule has 1 aliphatic heterocycles. The van der Waals surface area contributed by atoms with E-state index < -0.39 is 0 Å². The van der Waals surface area contributed by atoms with Crippen LogP contribution in [0.3, 0.4) is 0 Å². The molecule has 5 N–H and O–H groups in total. The van der Waals surface area contributed by atoms with Gasteiger partial charge in [-0.3, -0.25) is 0 Å². The molecular formula is C30H41N10S2+. The Morgan fingerprint density at radius 1 is 0.833 bits per heavy atom. The van der Waals surface area contributed by atoms with Gasteiger partial charge in [0.15, 0.2) is 0 Å². The zero-order chi connectivity index (χ0) is 29.6. The number of azo groups is 1. The summed E-state index contributed by atoms with van der Waals surface area (Å²) >= 11 is 3.29. The first-order valence-corrected chi connectivity index (χ1v) is 16.1. The van der Waals surface area contributed by atoms with E-state index in [0.717, 1.165) is 39.0 Å². The molecule has 4 aromatic rings. The Morgan fingerprint density at radius 3 is 2.29 bits per heavy atom. The lowest BCUT2D eigenvalue weighted by Crippen LogP contribution is -2.82. The van der Waals surface area contributed by atoms with Crippen molar-refractivity contribution in [2.24, 2.45) is 10.2 Å². The topological polar surface area (TPSA) is 110 Å². The first-order chi connectivity index (χ1) is 20.3. The van der Waals surface area contributed by atoms with Crippen LogP contribution in [0.25, 0.3) is 0 Å². The number of anilines is 5. The van der Waals surface area contributed by atoms with Crippen LogP contribution in [-0.2, 0) is 0 Å². The molecule has 0 bridgehead atoms. The van der Waals surface area contributed by atoms with Crippen LogP contribution < -0.4 is 31.5 Å². The number of hydrogen-bond acceptors (Lipinski definition) is 11. The highest BCUT2D eigenvalue weighted by Crippen LogP contribution is 2.32. The van der Waals surface area contributed by atoms with Gasteiger partial charge in [-0.15, -0.1) is 20.4 Å². The zero-order valence-electron chi connectivity index (χ0n) is 25.2. The predicted molar refractivity (Wildman–Crippen MR) is 177 cm³/mol. The van der Waals surface area contributed by atoms with Crippen molar-refractivity contribution in [3.63, 3.8) is 0 Å². The molecule has 0 spiro atoms. The van der Waals surface area contributed by atoms with E-state index >= 15 is 0 Å². The second-order valence-electron chi connectivity index (χ2n) is 11.1. The first-order valence-electron chi connectivity index (χ1n) is 14.5. The monoisotopic (exact) mass is 605 g/mol. The maximum absolute atomic E-state index is 4.44. The number of aryl methyl sites for hydroxylation is 2. The molecular weight excluding hydrogens is 565 g/mol. The maximum atomic E-state index is 4.44. The Balaban J connectivity index is 1.14. The number of thiophene rings is 1. The molecule has 0 saturated carbocycles. The SMILES string of the molecule is Cc1cc(NNc2ccc(N[NH2+]c3ccc(N4CCCC4)s3)cc2C)ccc1N=Nc1nnc(N(C(C)C)C(C)C)s1. The molecule has 0 amide bonds. The first kappa shape index (κ1) is 29.7. The molecule has 12 heteroatoms. The van der Waals surface area contributed by atoms with Gasteiger partial charge < -0.3 is 20.7 Å². The highest BCUT2D eigenvalue weighted by molar-refractivity contribution is 7.19. The summed E-state index contributed by atoms with van der Waals surface area (Å²) in [6.45, 7) is 15.1. The summed E-state index contributed by atoms with van der Waals surface area (Å²) in [5, 5.41) is 21.3. The summed E-state index contributed by atoms with van der Waals surface area (Å²) in [7, 11) is 0. The van der Waals surface area contributed by atoms with E-state index in [4.69, 9.17) is 0 Å². The van der Waals surface area contributed by atoms with Crippen molar-refractivity contribution in [1.82, 2.24) is 10.2 Å². The van der Waals surface area contributed by atoms with E-state index in [1.807, 2.05) is 36.5 Å². The van der Waals surface area contributed by atoms with Gasteiger partial charge in [0.25, 0.3) is 5.13 Å². The maximum Gasteiger partial charge on any atom is 0.253 e. The lowest BCUT2D eigenvalue weighted by molar-refractivity contribution is -0.534. The number of nitrogen functional groups attached to an aromatic ring is 1. The fourth-order valence-corrected chi connectivity index (χ4v) is 6.93. The lowest BCUT2D eigenvalue weighted by Gasteiger charge is -2.29. The molecule has 2 aromatic heterocycles. The molecule has 1 fully saturated rings. The molecule has 42 heavy (non-hydrogen) atoms. The lowest BCUT2D eigenvalue weighted by atomic mass is 10.2. The van der Waals surface area contributed by atoms with Gasteiger partial charge in [-0.25, -0.2) is 10.9 Å². The number of hydrogen-bond donors (Lipinski definition) is 4. The Hall–Kier alpha value is -3.74. The number of aromatic nitrogens is 2. The second-order valence-corrected chi connectivity index (χ2v) is 13.1. The minimum atomic E-state index is 0.333. The Kier molecular flexibility index (Phi) is 9.55. The fourth-order valence-electron chi connectivity index (χ4n) is 5.05. The van der Waals surface area contributed by atoms with Crippen LogP contribution in [0, 0.1) is 13.8 Å². The third-order valence-electron chi connectivity index (χ3n) is 7.16. The third kappa shape index (κ3) is 7.36. The number of quaternary nitrogens is 1. The Bertz CT molecular complexity index is 1500. The number of nitrogens with one attached hydrogen (secondary N) is 3. The van der Waals surface area contributed by atoms with E-state index in [1.165, 1.54) is 47.3 Å². The van der Waals surface area contributed by atoms with E-state index in [9.17, 15) is 0 Å². The van der Waals surface area contributed by atoms with E-state index in [0.29, 0.717) is 17.2 Å². The summed E-state index contributed by atoms with van der Waals surface area (Å²) in [5.74, 6) is 0. The predicted octanol–water partition coefficient (Wildman–Crippen LogP) is 7.52. The highest BCUT2D eigenvalue weighted by Gasteiger charge is 2.19. The smallest absolute Gasteiger partial charge is 0.253 e. The summed E-state index contributed by atoms with van der Waals surface area (Å²) in [5.41, 5.74) is 18.1. The van der Waals surface area contributed by atoms with Crippen LogP contribution in [-0.4, -0.2) is 35.4 Å². The van der Waals surface area contributed by atoms with Crippen LogP contribution in [0.15, 0.2) is 58.8 Å². The molecule has 0 radical (unpaired) electrons. The summed E-state index contributed by atoms with van der Waals surface area (Å²) in [4.78, 5) is 4.71. The van der Waals surface area contributed by atoms with Crippen molar-refractivity contribution in [3.05, 3.63) is 59.7 Å². The van der Waals surface area contributed by atoms with Crippen molar-refractivity contribution < 1.29 is 5.43 Å². The molecule has 3 heterocycles. The van der Waals surface area contributed by atoms with Gasteiger partial charge in [-0.05, 0) is 108 Å². The van der Waals surface area contributed by atoms with Crippen molar-refractivity contribution in [2.75, 3.05) is 39.2 Å². The average Bonchev–Trinajstić information content (AvgIpc) is 3.73. The number of rotatable bonds is 12. The van der Waals surface area contributed by atoms with Crippen molar-refractivity contribution >= 4 is 65.7 Å². The zero-order valence-corrected chi connectivity index (χ0v) is 26.8. The molecule has 10 nitrogen and oxygen atoms in total. The van der Waals surface area contributed by atoms with Crippen LogP contribution in [0.2, 0.25) is 0 Å². The largest absolute Gasteiger partial charge is 0.363 e. The molecule has 1 saturated heterocycles. The molecule has 1 aliphatic rings. The van der Waals surface area contributed by atoms with Gasteiger partial charge in [0.1, 0.15) is 0 Å². The van der Waals surface area contributed by atoms with Crippen LogP contribution in [0.5, 0.6) is 0 Å². The van der Waals surface area contributed by atoms with E-state index in [1.54, 1.807) is 0 Å². The standard InChI is InChI=1S/C30H40N10S2/c1-19(2)40(20(3)4)30-38-37-29(42-30)36-34-26-12-9-23(17-22(26)6)31-33-25-11-10-24(18-21(25)5)32-35-27-13-14-28(41-27)39-15-7-8-16-39/h9-14,17-20,31-33,35H,7-8,15-16H2,1-6H3/p+1. The van der Waals surface area contributed by atoms with Gasteiger partial charge in [-0.2, -0.15) is 0 Å². The minimum absolute atomic E-state index is 0.333. The van der Waals surface area contributed by atoms with Crippen molar-refractivity contribution in [1.29, 1.82) is 0 Å². The van der Waals surface area contributed by atoms with Gasteiger partial charge in [-0.1, -0.05) is 22.7 Å². The summed E-state index contributed by atoms with van der Waals surface area (Å²) in [6, 6.07) is 17.4. The Labute approximate surface area is 256 Å².